The topological polar surface area (TPSA) is 3.24 Å². The molecular formula is C26H39NP2. The van der Waals surface area contributed by atoms with Crippen LogP contribution in [0.15, 0.2) is 48.5 Å². The SMILES string of the molecule is CCCCN(P(c1ccc(C)cc1)c1ccccc1C)P1[C@H](CC)CC[C@H]1CC. The van der Waals surface area contributed by atoms with E-state index in [2.05, 4.69) is 87.6 Å². The summed E-state index contributed by atoms with van der Waals surface area (Å²) in [5, 5.41) is 3.11. The van der Waals surface area contributed by atoms with Crippen LogP contribution in [0.4, 0.5) is 0 Å². The van der Waals surface area contributed by atoms with Crippen molar-refractivity contribution in [3.8, 4) is 0 Å². The maximum Gasteiger partial charge on any atom is 0.0321 e. The molecule has 158 valence electrons. The Morgan fingerprint density at radius 3 is 2.07 bits per heavy atom. The molecule has 0 bridgehead atoms. The maximum atomic E-state index is 3.05. The molecule has 29 heavy (non-hydrogen) atoms. The first-order chi connectivity index (χ1) is 14.1. The molecule has 0 amide bonds. The fraction of sp³-hybridized carbons (Fsp3) is 0.538. The zero-order valence-corrected chi connectivity index (χ0v) is 20.9. The van der Waals surface area contributed by atoms with Gasteiger partial charge >= 0.3 is 0 Å². The zero-order valence-electron chi connectivity index (χ0n) is 19.1. The molecule has 1 saturated heterocycles. The van der Waals surface area contributed by atoms with Crippen LogP contribution in [-0.2, 0) is 0 Å². The Bertz CT molecular complexity index is 746. The van der Waals surface area contributed by atoms with Crippen LogP contribution >= 0.6 is 16.1 Å². The number of hydrogen-bond acceptors (Lipinski definition) is 1. The largest absolute Gasteiger partial charge is 0.252 e. The van der Waals surface area contributed by atoms with Gasteiger partial charge in [0.1, 0.15) is 0 Å². The van der Waals surface area contributed by atoms with Crippen LogP contribution in [0, 0.1) is 13.8 Å². The molecule has 1 nitrogen and oxygen atoms in total. The maximum absolute atomic E-state index is 3.05. The van der Waals surface area contributed by atoms with Crippen LogP contribution < -0.4 is 10.6 Å². The Morgan fingerprint density at radius 1 is 0.897 bits per heavy atom. The van der Waals surface area contributed by atoms with Gasteiger partial charge < -0.3 is 0 Å². The number of hydrogen-bond donors (Lipinski definition) is 0. The Hall–Kier alpha value is -0.740. The molecule has 2 aromatic carbocycles. The number of unbranched alkanes of at least 4 members (excludes halogenated alkanes) is 1. The summed E-state index contributed by atoms with van der Waals surface area (Å²) in [6.07, 6.45) is 8.15. The highest BCUT2D eigenvalue weighted by atomic mass is 31.2. The van der Waals surface area contributed by atoms with E-state index in [1.807, 2.05) is 0 Å². The molecule has 1 unspecified atom stereocenters. The van der Waals surface area contributed by atoms with Crippen LogP contribution in [0.3, 0.4) is 0 Å². The molecule has 3 rings (SSSR count). The Morgan fingerprint density at radius 2 is 1.52 bits per heavy atom. The Balaban J connectivity index is 2.12. The van der Waals surface area contributed by atoms with Crippen LogP contribution in [0.1, 0.15) is 70.4 Å². The lowest BCUT2D eigenvalue weighted by atomic mass is 10.1. The molecule has 0 saturated carbocycles. The van der Waals surface area contributed by atoms with Gasteiger partial charge in [-0.3, -0.25) is 4.44 Å². The summed E-state index contributed by atoms with van der Waals surface area (Å²) in [4.78, 5) is 0. The number of nitrogens with zero attached hydrogens (tertiary/aromatic N) is 1. The second-order valence-corrected chi connectivity index (χ2v) is 13.6. The Labute approximate surface area is 181 Å². The van der Waals surface area contributed by atoms with Crippen LogP contribution in [0.25, 0.3) is 0 Å². The van der Waals surface area contributed by atoms with E-state index >= 15 is 0 Å². The highest BCUT2D eigenvalue weighted by molar-refractivity contribution is 7.79. The summed E-state index contributed by atoms with van der Waals surface area (Å²) in [7, 11) is -0.564. The van der Waals surface area contributed by atoms with E-state index in [-0.39, 0.29) is 8.07 Å². The molecule has 1 aliphatic rings. The fourth-order valence-electron chi connectivity index (χ4n) is 4.61. The minimum Gasteiger partial charge on any atom is -0.252 e. The summed E-state index contributed by atoms with van der Waals surface area (Å²) in [5.74, 6) is 0. The molecule has 0 spiro atoms. The predicted molar refractivity (Wildman–Crippen MR) is 134 cm³/mol. The third kappa shape index (κ3) is 5.31. The summed E-state index contributed by atoms with van der Waals surface area (Å²) < 4.78 is 3.05. The third-order valence-electron chi connectivity index (χ3n) is 6.36. The first-order valence-electron chi connectivity index (χ1n) is 11.6. The van der Waals surface area contributed by atoms with Gasteiger partial charge in [0, 0.05) is 14.6 Å². The summed E-state index contributed by atoms with van der Waals surface area (Å²) in [6.45, 7) is 13.0. The van der Waals surface area contributed by atoms with Gasteiger partial charge in [-0.25, -0.2) is 0 Å². The van der Waals surface area contributed by atoms with Crippen molar-refractivity contribution in [2.45, 2.75) is 84.5 Å². The Kier molecular flexibility index (Phi) is 8.73. The van der Waals surface area contributed by atoms with Crippen molar-refractivity contribution >= 4 is 26.8 Å². The second-order valence-electron chi connectivity index (χ2n) is 8.46. The molecule has 0 aliphatic carbocycles. The summed E-state index contributed by atoms with van der Waals surface area (Å²) >= 11 is 0. The summed E-state index contributed by atoms with van der Waals surface area (Å²) in [6, 6.07) is 18.6. The zero-order chi connectivity index (χ0) is 20.8. The van der Waals surface area contributed by atoms with E-state index in [1.54, 1.807) is 5.30 Å². The predicted octanol–water partition coefficient (Wildman–Crippen LogP) is 7.50. The molecular weight excluding hydrogens is 388 g/mol. The van der Waals surface area contributed by atoms with Gasteiger partial charge in [0.15, 0.2) is 0 Å². The van der Waals surface area contributed by atoms with Crippen molar-refractivity contribution in [3.63, 3.8) is 0 Å². The van der Waals surface area contributed by atoms with E-state index in [1.165, 1.54) is 61.5 Å². The molecule has 1 aliphatic heterocycles. The highest BCUT2D eigenvalue weighted by Crippen LogP contribution is 2.67. The molecule has 0 radical (unpaired) electrons. The monoisotopic (exact) mass is 427 g/mol. The van der Waals surface area contributed by atoms with Gasteiger partial charge in [-0.1, -0.05) is 81.3 Å². The van der Waals surface area contributed by atoms with E-state index in [0.717, 1.165) is 11.3 Å². The van der Waals surface area contributed by atoms with Crippen molar-refractivity contribution in [2.24, 2.45) is 0 Å². The van der Waals surface area contributed by atoms with Gasteiger partial charge in [-0.15, -0.1) is 0 Å². The van der Waals surface area contributed by atoms with Gasteiger partial charge in [0.05, 0.1) is 0 Å². The van der Waals surface area contributed by atoms with Crippen LogP contribution in [0.5, 0.6) is 0 Å². The first-order valence-corrected chi connectivity index (χ1v) is 14.3. The lowest BCUT2D eigenvalue weighted by Gasteiger charge is -2.42. The fourth-order valence-corrected chi connectivity index (χ4v) is 12.4. The molecule has 0 aromatic heterocycles. The quantitative estimate of drug-likeness (QED) is 0.375. The van der Waals surface area contributed by atoms with Crippen molar-refractivity contribution in [3.05, 3.63) is 59.7 Å². The average Bonchev–Trinajstić information content (AvgIpc) is 3.16. The van der Waals surface area contributed by atoms with E-state index in [9.17, 15) is 0 Å². The standard InChI is InChI=1S/C26H39NP2/c1-6-9-20-27(28-23(7-2)18-19-24(28)8-3)29(25-16-14-21(4)15-17-25)26-13-11-10-12-22(26)5/h10-17,23-24H,6-9,18-20H2,1-5H3/t23-,24-,29?/m1/s1. The molecule has 0 N–H and O–H groups in total. The molecule has 2 aromatic rings. The molecule has 3 heteroatoms. The van der Waals surface area contributed by atoms with Crippen LogP contribution in [-0.4, -0.2) is 22.3 Å². The third-order valence-corrected chi connectivity index (χ3v) is 13.4. The van der Waals surface area contributed by atoms with E-state index < -0.39 is 8.07 Å². The van der Waals surface area contributed by atoms with E-state index in [4.69, 9.17) is 0 Å². The first kappa shape index (κ1) is 22.9. The summed E-state index contributed by atoms with van der Waals surface area (Å²) in [5.41, 5.74) is 4.63. The van der Waals surface area contributed by atoms with Gasteiger partial charge in [-0.2, -0.15) is 0 Å². The van der Waals surface area contributed by atoms with Crippen molar-refractivity contribution < 1.29 is 0 Å². The number of benzene rings is 2. The van der Waals surface area contributed by atoms with E-state index in [0.29, 0.717) is 0 Å². The number of rotatable bonds is 9. The lowest BCUT2D eigenvalue weighted by Crippen LogP contribution is -2.30. The molecule has 3 atom stereocenters. The average molecular weight is 428 g/mol. The minimum absolute atomic E-state index is 0.0917. The lowest BCUT2D eigenvalue weighted by molar-refractivity contribution is 0.627. The van der Waals surface area contributed by atoms with Crippen molar-refractivity contribution in [1.29, 1.82) is 0 Å². The normalized spacial score (nSPS) is 21.0. The van der Waals surface area contributed by atoms with Crippen LogP contribution in [0.2, 0.25) is 0 Å². The van der Waals surface area contributed by atoms with Crippen molar-refractivity contribution in [1.82, 2.24) is 4.44 Å². The smallest absolute Gasteiger partial charge is 0.0321 e. The highest BCUT2D eigenvalue weighted by Gasteiger charge is 2.41. The number of aryl methyl sites for hydroxylation is 2. The van der Waals surface area contributed by atoms with Crippen molar-refractivity contribution in [2.75, 3.05) is 6.54 Å². The molecule has 1 heterocycles. The molecule has 1 fully saturated rings. The van der Waals surface area contributed by atoms with Gasteiger partial charge in [0.25, 0.3) is 0 Å². The van der Waals surface area contributed by atoms with Gasteiger partial charge in [0.2, 0.25) is 0 Å². The minimum atomic E-state index is -0.473. The van der Waals surface area contributed by atoms with Gasteiger partial charge in [-0.05, 0) is 81.5 Å². The second kappa shape index (κ2) is 11.0.